The Morgan fingerprint density at radius 3 is 2.69 bits per heavy atom. The number of benzene rings is 1. The molecule has 0 unspecified atom stereocenters. The zero-order valence-corrected chi connectivity index (χ0v) is 19.8. The second-order valence-corrected chi connectivity index (χ2v) is 10.3. The Balaban J connectivity index is 1.28. The van der Waals surface area contributed by atoms with Crippen LogP contribution in [0.1, 0.15) is 72.9 Å². The summed E-state index contributed by atoms with van der Waals surface area (Å²) in [4.78, 5) is 26.8. The maximum atomic E-state index is 15.6. The molecule has 35 heavy (non-hydrogen) atoms. The average Bonchev–Trinajstić information content (AvgIpc) is 3.15. The summed E-state index contributed by atoms with van der Waals surface area (Å²) >= 11 is 0. The number of alkyl halides is 2. The van der Waals surface area contributed by atoms with Crippen LogP contribution in [0.2, 0.25) is 0 Å². The molecule has 1 aromatic carbocycles. The number of carbonyl (C=O) groups excluding carboxylic acids is 2. The van der Waals surface area contributed by atoms with Crippen LogP contribution in [0.25, 0.3) is 0 Å². The number of piperidine rings is 1. The molecule has 3 fully saturated rings. The fourth-order valence-corrected chi connectivity index (χ4v) is 5.85. The number of halogens is 3. The minimum atomic E-state index is -2.58. The highest BCUT2D eigenvalue weighted by Crippen LogP contribution is 2.35. The quantitative estimate of drug-likeness (QED) is 0.657. The molecule has 3 atom stereocenters. The van der Waals surface area contributed by atoms with Crippen LogP contribution >= 0.6 is 0 Å². The number of amides is 2. The zero-order chi connectivity index (χ0) is 24.7. The fraction of sp³-hybridized carbons (Fsp3) is 0.615. The lowest BCUT2D eigenvalue weighted by molar-refractivity contribution is -0.126. The van der Waals surface area contributed by atoms with Crippen molar-refractivity contribution in [2.75, 3.05) is 6.61 Å². The zero-order valence-electron chi connectivity index (χ0n) is 19.8. The molecule has 0 aromatic heterocycles. The Bertz CT molecular complexity index is 1020. The highest BCUT2D eigenvalue weighted by Gasteiger charge is 2.41. The second kappa shape index (κ2) is 9.58. The smallest absolute Gasteiger partial charge is 0.255 e. The third-order valence-electron chi connectivity index (χ3n) is 7.87. The predicted molar refractivity (Wildman–Crippen MR) is 123 cm³/mol. The summed E-state index contributed by atoms with van der Waals surface area (Å²) in [6, 6.07) is 2.61. The van der Waals surface area contributed by atoms with Crippen molar-refractivity contribution < 1.29 is 27.5 Å². The van der Waals surface area contributed by atoms with Crippen LogP contribution in [0, 0.1) is 5.82 Å². The molecule has 9 heteroatoms. The van der Waals surface area contributed by atoms with Gasteiger partial charge >= 0.3 is 0 Å². The van der Waals surface area contributed by atoms with Gasteiger partial charge in [0.2, 0.25) is 11.8 Å². The second-order valence-electron chi connectivity index (χ2n) is 10.3. The molecule has 1 saturated carbocycles. The number of carbonyl (C=O) groups is 2. The monoisotopic (exact) mass is 491 g/mol. The van der Waals surface area contributed by atoms with Gasteiger partial charge < -0.3 is 20.3 Å². The summed E-state index contributed by atoms with van der Waals surface area (Å²) in [6.45, 7) is 4.40. The normalized spacial score (nSPS) is 29.3. The Morgan fingerprint density at radius 2 is 1.94 bits per heavy atom. The molecular formula is C26H32F3N3O3. The van der Waals surface area contributed by atoms with Crippen molar-refractivity contribution in [3.8, 4) is 0 Å². The first-order valence-corrected chi connectivity index (χ1v) is 12.6. The summed E-state index contributed by atoms with van der Waals surface area (Å²) in [6.07, 6.45) is 3.43. The van der Waals surface area contributed by atoms with Gasteiger partial charge in [0.15, 0.2) is 0 Å². The third-order valence-corrected chi connectivity index (χ3v) is 7.87. The summed E-state index contributed by atoms with van der Waals surface area (Å²) in [7, 11) is 0. The average molecular weight is 492 g/mol. The number of nitrogens with zero attached hydrogens (tertiary/aromatic N) is 1. The van der Waals surface area contributed by atoms with Crippen molar-refractivity contribution in [3.05, 3.63) is 46.9 Å². The first-order valence-electron chi connectivity index (χ1n) is 12.6. The van der Waals surface area contributed by atoms with Crippen molar-refractivity contribution in [3.63, 3.8) is 0 Å². The molecule has 0 radical (unpaired) electrons. The molecule has 4 aliphatic rings. The molecular weight excluding hydrogens is 459 g/mol. The van der Waals surface area contributed by atoms with E-state index in [-0.39, 0.29) is 49.4 Å². The number of nitrogens with one attached hydrogen (secondary N) is 2. The van der Waals surface area contributed by atoms with Gasteiger partial charge in [0.1, 0.15) is 11.9 Å². The standard InChI is InChI=1S/C26H32F3N3O3/c1-15-4-7-21(24(33)30-15)32-14-19-18(25(32)34)6-5-16(23(19)27)13-22-20(3-2-12-35-22)31-17-8-10-26(28,29)11-9-17/h5-6,17,20-22,31H,1-4,7-14H2,(H,30,33)/t20-,21+,22+/m0/s1. The molecule has 2 N–H and O–H groups in total. The lowest BCUT2D eigenvalue weighted by Crippen LogP contribution is -2.51. The lowest BCUT2D eigenvalue weighted by Gasteiger charge is -2.37. The van der Waals surface area contributed by atoms with Gasteiger partial charge in [-0.2, -0.15) is 0 Å². The number of fused-ring (bicyclic) bond motifs is 1. The molecule has 1 aliphatic carbocycles. The SMILES string of the molecule is C=C1CC[C@@H](N2Cc3c(ccc(C[C@H]4OCCC[C@@H]4NC4CCC(F)(F)CC4)c3F)C2=O)C(=O)N1. The van der Waals surface area contributed by atoms with E-state index in [1.165, 1.54) is 4.90 Å². The Hall–Kier alpha value is -2.39. The van der Waals surface area contributed by atoms with Crippen LogP contribution < -0.4 is 10.6 Å². The summed E-state index contributed by atoms with van der Waals surface area (Å²) in [5.41, 5.74) is 1.71. The molecule has 6 nitrogen and oxygen atoms in total. The Labute approximate surface area is 203 Å². The summed E-state index contributed by atoms with van der Waals surface area (Å²) in [5, 5.41) is 6.20. The van der Waals surface area contributed by atoms with Gasteiger partial charge in [0.05, 0.1) is 12.6 Å². The molecule has 2 amide bonds. The van der Waals surface area contributed by atoms with Crippen molar-refractivity contribution in [1.29, 1.82) is 0 Å². The van der Waals surface area contributed by atoms with Crippen molar-refractivity contribution in [2.24, 2.45) is 0 Å². The number of allylic oxidation sites excluding steroid dienone is 1. The first-order chi connectivity index (χ1) is 16.7. The van der Waals surface area contributed by atoms with Gasteiger partial charge in [-0.3, -0.25) is 9.59 Å². The molecule has 0 bridgehead atoms. The number of ether oxygens (including phenoxy) is 1. The van der Waals surface area contributed by atoms with Crippen LogP contribution in [0.5, 0.6) is 0 Å². The molecule has 5 rings (SSSR count). The maximum absolute atomic E-state index is 15.6. The number of rotatable bonds is 5. The van der Waals surface area contributed by atoms with E-state index in [0.717, 1.165) is 12.8 Å². The van der Waals surface area contributed by atoms with Gasteiger partial charge in [-0.25, -0.2) is 13.2 Å². The van der Waals surface area contributed by atoms with Crippen LogP contribution in [-0.2, 0) is 22.5 Å². The van der Waals surface area contributed by atoms with E-state index in [4.69, 9.17) is 4.74 Å². The highest BCUT2D eigenvalue weighted by molar-refractivity contribution is 6.01. The van der Waals surface area contributed by atoms with Crippen molar-refractivity contribution >= 4 is 11.8 Å². The maximum Gasteiger partial charge on any atom is 0.255 e. The molecule has 3 aliphatic heterocycles. The minimum Gasteiger partial charge on any atom is -0.376 e. The fourth-order valence-electron chi connectivity index (χ4n) is 5.85. The topological polar surface area (TPSA) is 70.7 Å². The Morgan fingerprint density at radius 1 is 1.17 bits per heavy atom. The molecule has 1 aromatic rings. The third kappa shape index (κ3) is 4.98. The summed E-state index contributed by atoms with van der Waals surface area (Å²) in [5.74, 6) is -3.62. The van der Waals surface area contributed by atoms with Gasteiger partial charge in [-0.05, 0) is 50.2 Å². The van der Waals surface area contributed by atoms with E-state index in [1.54, 1.807) is 12.1 Å². The predicted octanol–water partition coefficient (Wildman–Crippen LogP) is 3.83. The largest absolute Gasteiger partial charge is 0.376 e. The van der Waals surface area contributed by atoms with Gasteiger partial charge in [0.25, 0.3) is 5.91 Å². The van der Waals surface area contributed by atoms with Crippen LogP contribution in [-0.4, -0.2) is 53.5 Å². The van der Waals surface area contributed by atoms with E-state index in [1.807, 2.05) is 0 Å². The minimum absolute atomic E-state index is 0.0117. The van der Waals surface area contributed by atoms with Gasteiger partial charge in [-0.15, -0.1) is 0 Å². The first kappa shape index (κ1) is 24.3. The van der Waals surface area contributed by atoms with E-state index >= 15 is 4.39 Å². The molecule has 3 heterocycles. The van der Waals surface area contributed by atoms with Gasteiger partial charge in [-0.1, -0.05) is 12.6 Å². The molecule has 0 spiro atoms. The van der Waals surface area contributed by atoms with E-state index in [0.29, 0.717) is 61.1 Å². The van der Waals surface area contributed by atoms with Crippen molar-refractivity contribution in [2.45, 2.75) is 94.5 Å². The highest BCUT2D eigenvalue weighted by atomic mass is 19.3. The van der Waals surface area contributed by atoms with Crippen LogP contribution in [0.3, 0.4) is 0 Å². The molecule has 2 saturated heterocycles. The van der Waals surface area contributed by atoms with E-state index < -0.39 is 17.8 Å². The van der Waals surface area contributed by atoms with Gasteiger partial charge in [0, 0.05) is 54.8 Å². The van der Waals surface area contributed by atoms with E-state index in [2.05, 4.69) is 17.2 Å². The van der Waals surface area contributed by atoms with Crippen LogP contribution in [0.15, 0.2) is 24.4 Å². The van der Waals surface area contributed by atoms with Crippen LogP contribution in [0.4, 0.5) is 13.2 Å². The number of hydrogen-bond acceptors (Lipinski definition) is 4. The lowest BCUT2D eigenvalue weighted by atomic mass is 9.89. The Kier molecular flexibility index (Phi) is 6.65. The van der Waals surface area contributed by atoms with E-state index in [9.17, 15) is 18.4 Å². The number of hydrogen-bond donors (Lipinski definition) is 2. The summed E-state index contributed by atoms with van der Waals surface area (Å²) < 4.78 is 48.7. The molecule has 190 valence electrons. The van der Waals surface area contributed by atoms with Crippen molar-refractivity contribution in [1.82, 2.24) is 15.5 Å².